The average molecular weight is 337 g/mol. The molecule has 0 bridgehead atoms. The van der Waals surface area contributed by atoms with Crippen LogP contribution >= 0.6 is 27.5 Å². The molecule has 0 fully saturated rings. The lowest BCUT2D eigenvalue weighted by Crippen LogP contribution is -2.30. The number of nitrogens with one attached hydrogen (secondary N) is 1. The van der Waals surface area contributed by atoms with Crippen molar-refractivity contribution < 1.29 is 9.18 Å². The van der Waals surface area contributed by atoms with Crippen LogP contribution < -0.4 is 5.32 Å². The molecule has 0 radical (unpaired) electrons. The molecule has 0 heterocycles. The van der Waals surface area contributed by atoms with Gasteiger partial charge in [0.05, 0.1) is 10.6 Å². The SMILES string of the molecule is CC(C)CC(Br)CNC(=O)c1ccc(F)cc1Cl. The van der Waals surface area contributed by atoms with Crippen LogP contribution in [0, 0.1) is 11.7 Å². The van der Waals surface area contributed by atoms with Crippen molar-refractivity contribution in [2.24, 2.45) is 5.92 Å². The third-order valence-corrected chi connectivity index (χ3v) is 3.40. The highest BCUT2D eigenvalue weighted by Gasteiger charge is 2.13. The van der Waals surface area contributed by atoms with Gasteiger partial charge >= 0.3 is 0 Å². The molecular formula is C13H16BrClFNO. The zero-order valence-corrected chi connectivity index (χ0v) is 12.7. The molecule has 1 atom stereocenters. The van der Waals surface area contributed by atoms with Gasteiger partial charge in [-0.25, -0.2) is 4.39 Å². The molecule has 1 aromatic carbocycles. The summed E-state index contributed by atoms with van der Waals surface area (Å²) in [4.78, 5) is 12.1. The molecule has 1 unspecified atom stereocenters. The van der Waals surface area contributed by atoms with Gasteiger partial charge in [-0.1, -0.05) is 41.4 Å². The standard InChI is InChI=1S/C13H16BrClFNO/c1-8(2)5-9(14)7-17-13(18)11-4-3-10(16)6-12(11)15/h3-4,6,8-9H,5,7H2,1-2H3,(H,17,18). The summed E-state index contributed by atoms with van der Waals surface area (Å²) >= 11 is 9.31. The first-order valence-corrected chi connectivity index (χ1v) is 7.06. The summed E-state index contributed by atoms with van der Waals surface area (Å²) in [6, 6.07) is 3.75. The number of hydrogen-bond donors (Lipinski definition) is 1. The van der Waals surface area contributed by atoms with Crippen LogP contribution in [0.4, 0.5) is 4.39 Å². The molecule has 2 nitrogen and oxygen atoms in total. The Morgan fingerprint density at radius 1 is 1.50 bits per heavy atom. The van der Waals surface area contributed by atoms with Gasteiger partial charge in [-0.15, -0.1) is 0 Å². The van der Waals surface area contributed by atoms with Crippen molar-refractivity contribution in [2.45, 2.75) is 25.1 Å². The van der Waals surface area contributed by atoms with Crippen molar-refractivity contribution in [3.05, 3.63) is 34.6 Å². The fourth-order valence-electron chi connectivity index (χ4n) is 1.57. The molecule has 0 saturated heterocycles. The Kier molecular flexibility index (Phi) is 6.09. The maximum atomic E-state index is 12.8. The van der Waals surface area contributed by atoms with Gasteiger partial charge < -0.3 is 5.32 Å². The number of benzene rings is 1. The summed E-state index contributed by atoms with van der Waals surface area (Å²) in [5.74, 6) is -0.177. The molecule has 5 heteroatoms. The van der Waals surface area contributed by atoms with Crippen molar-refractivity contribution in [1.29, 1.82) is 0 Å². The minimum absolute atomic E-state index is 0.127. The van der Waals surface area contributed by atoms with Gasteiger partial charge in [-0.3, -0.25) is 4.79 Å². The molecule has 18 heavy (non-hydrogen) atoms. The maximum absolute atomic E-state index is 12.8. The van der Waals surface area contributed by atoms with Crippen LogP contribution in [0.25, 0.3) is 0 Å². The number of hydrogen-bond acceptors (Lipinski definition) is 1. The van der Waals surface area contributed by atoms with Crippen LogP contribution in [0.1, 0.15) is 30.6 Å². The Bertz CT molecular complexity index is 425. The second-order valence-corrected chi connectivity index (χ2v) is 6.26. The zero-order chi connectivity index (χ0) is 13.7. The maximum Gasteiger partial charge on any atom is 0.252 e. The number of rotatable bonds is 5. The summed E-state index contributed by atoms with van der Waals surface area (Å²) in [6.07, 6.45) is 0.970. The van der Waals surface area contributed by atoms with Gasteiger partial charge in [0.1, 0.15) is 5.82 Å². The molecule has 0 aliphatic heterocycles. The lowest BCUT2D eigenvalue weighted by Gasteiger charge is -2.13. The second kappa shape index (κ2) is 7.10. The van der Waals surface area contributed by atoms with Gasteiger partial charge in [0.15, 0.2) is 0 Å². The van der Waals surface area contributed by atoms with Crippen molar-refractivity contribution in [1.82, 2.24) is 5.32 Å². The molecule has 0 aliphatic rings. The zero-order valence-electron chi connectivity index (χ0n) is 10.3. The van der Waals surface area contributed by atoms with Crippen molar-refractivity contribution in [3.8, 4) is 0 Å². The quantitative estimate of drug-likeness (QED) is 0.809. The van der Waals surface area contributed by atoms with Gasteiger partial charge in [-0.05, 0) is 30.5 Å². The van der Waals surface area contributed by atoms with E-state index >= 15 is 0 Å². The van der Waals surface area contributed by atoms with E-state index in [4.69, 9.17) is 11.6 Å². The predicted octanol–water partition coefficient (Wildman–Crippen LogP) is 4.02. The van der Waals surface area contributed by atoms with E-state index in [0.717, 1.165) is 12.5 Å². The summed E-state index contributed by atoms with van der Waals surface area (Å²) in [7, 11) is 0. The van der Waals surface area contributed by atoms with Crippen molar-refractivity contribution in [3.63, 3.8) is 0 Å². The number of halogens is 3. The highest BCUT2D eigenvalue weighted by atomic mass is 79.9. The van der Waals surface area contributed by atoms with Crippen LogP contribution in [0.5, 0.6) is 0 Å². The Hall–Kier alpha value is -0.610. The highest BCUT2D eigenvalue weighted by Crippen LogP contribution is 2.17. The smallest absolute Gasteiger partial charge is 0.252 e. The topological polar surface area (TPSA) is 29.1 Å². The molecule has 1 amide bonds. The van der Waals surface area contributed by atoms with E-state index < -0.39 is 5.82 Å². The summed E-state index contributed by atoms with van der Waals surface area (Å²) in [5, 5.41) is 2.90. The molecule has 0 spiro atoms. The van der Waals surface area contributed by atoms with E-state index in [1.54, 1.807) is 0 Å². The van der Waals surface area contributed by atoms with E-state index in [9.17, 15) is 9.18 Å². The van der Waals surface area contributed by atoms with E-state index in [0.29, 0.717) is 18.0 Å². The van der Waals surface area contributed by atoms with Crippen LogP contribution in [0.15, 0.2) is 18.2 Å². The second-order valence-electron chi connectivity index (χ2n) is 4.56. The van der Waals surface area contributed by atoms with Crippen molar-refractivity contribution in [2.75, 3.05) is 6.54 Å². The number of carbonyl (C=O) groups excluding carboxylic acids is 1. The Morgan fingerprint density at radius 3 is 2.72 bits per heavy atom. The predicted molar refractivity (Wildman–Crippen MR) is 75.9 cm³/mol. The third-order valence-electron chi connectivity index (χ3n) is 2.39. The first-order chi connectivity index (χ1) is 8.40. The molecule has 1 rings (SSSR count). The number of amides is 1. The molecule has 1 aromatic rings. The molecule has 1 N–H and O–H groups in total. The summed E-state index contributed by atoms with van der Waals surface area (Å²) < 4.78 is 12.8. The Balaban J connectivity index is 2.55. The number of carbonyl (C=O) groups is 1. The van der Waals surface area contributed by atoms with Gasteiger partial charge in [0, 0.05) is 11.4 Å². The molecule has 0 aliphatic carbocycles. The molecule has 100 valence electrons. The fraction of sp³-hybridized carbons (Fsp3) is 0.462. The lowest BCUT2D eigenvalue weighted by molar-refractivity contribution is 0.0953. The van der Waals surface area contributed by atoms with Crippen LogP contribution in [0.2, 0.25) is 5.02 Å². The first kappa shape index (κ1) is 15.4. The first-order valence-electron chi connectivity index (χ1n) is 5.77. The average Bonchev–Trinajstić information content (AvgIpc) is 2.25. The lowest BCUT2D eigenvalue weighted by atomic mass is 10.1. The minimum Gasteiger partial charge on any atom is -0.351 e. The Labute approximate surface area is 120 Å². The van der Waals surface area contributed by atoms with E-state index in [1.165, 1.54) is 12.1 Å². The van der Waals surface area contributed by atoms with E-state index in [-0.39, 0.29) is 15.8 Å². The molecule has 0 saturated carbocycles. The summed E-state index contributed by atoms with van der Waals surface area (Å²) in [5.41, 5.74) is 0.294. The molecule has 0 aromatic heterocycles. The highest BCUT2D eigenvalue weighted by molar-refractivity contribution is 9.09. The van der Waals surface area contributed by atoms with Crippen LogP contribution in [-0.2, 0) is 0 Å². The normalized spacial score (nSPS) is 12.6. The molecular weight excluding hydrogens is 321 g/mol. The van der Waals surface area contributed by atoms with Crippen LogP contribution in [-0.4, -0.2) is 17.3 Å². The van der Waals surface area contributed by atoms with Crippen molar-refractivity contribution >= 4 is 33.4 Å². The van der Waals surface area contributed by atoms with Gasteiger partial charge in [0.25, 0.3) is 5.91 Å². The third kappa shape index (κ3) is 4.94. The van der Waals surface area contributed by atoms with E-state index in [2.05, 4.69) is 35.1 Å². The summed E-state index contributed by atoms with van der Waals surface area (Å²) in [6.45, 7) is 4.75. The van der Waals surface area contributed by atoms with Gasteiger partial charge in [0.2, 0.25) is 0 Å². The van der Waals surface area contributed by atoms with Crippen LogP contribution in [0.3, 0.4) is 0 Å². The number of alkyl halides is 1. The van der Waals surface area contributed by atoms with E-state index in [1.807, 2.05) is 0 Å². The minimum atomic E-state index is -0.449. The van der Waals surface area contributed by atoms with Gasteiger partial charge in [-0.2, -0.15) is 0 Å². The fourth-order valence-corrected chi connectivity index (χ4v) is 2.73. The Morgan fingerprint density at radius 2 is 2.17 bits per heavy atom. The largest absolute Gasteiger partial charge is 0.351 e. The monoisotopic (exact) mass is 335 g/mol.